The van der Waals surface area contributed by atoms with E-state index < -0.39 is 0 Å². The van der Waals surface area contributed by atoms with Gasteiger partial charge >= 0.3 is 0 Å². The number of carbonyl (C=O) groups is 1. The van der Waals surface area contributed by atoms with Crippen molar-refractivity contribution in [1.29, 1.82) is 0 Å². The van der Waals surface area contributed by atoms with Gasteiger partial charge < -0.3 is 9.47 Å². The van der Waals surface area contributed by atoms with Gasteiger partial charge in [-0.1, -0.05) is 70.5 Å². The molecule has 4 aromatic rings. The molecule has 0 saturated heterocycles. The summed E-state index contributed by atoms with van der Waals surface area (Å²) in [6.07, 6.45) is 1.84. The third-order valence-corrected chi connectivity index (χ3v) is 6.62. The zero-order valence-corrected chi connectivity index (χ0v) is 21.7. The number of hydrogen-bond donors (Lipinski definition) is 0. The van der Waals surface area contributed by atoms with Gasteiger partial charge in [0, 0.05) is 4.47 Å². The van der Waals surface area contributed by atoms with Gasteiger partial charge in [0.1, 0.15) is 6.61 Å². The van der Waals surface area contributed by atoms with Crippen LogP contribution in [0.25, 0.3) is 16.8 Å². The molecular formula is C30H25BrN2O3. The molecule has 36 heavy (non-hydrogen) atoms. The number of carbonyl (C=O) groups excluding carboxylic acids is 1. The predicted molar refractivity (Wildman–Crippen MR) is 149 cm³/mol. The molecule has 1 aliphatic heterocycles. The van der Waals surface area contributed by atoms with Crippen LogP contribution in [-0.4, -0.2) is 18.2 Å². The third-order valence-electron chi connectivity index (χ3n) is 5.93. The first-order valence-corrected chi connectivity index (χ1v) is 12.6. The maximum atomic E-state index is 13.1. The second-order valence-electron chi connectivity index (χ2n) is 8.42. The topological polar surface area (TPSA) is 51.1 Å². The molecule has 1 heterocycles. The number of anilines is 1. The third kappa shape index (κ3) is 4.90. The second-order valence-corrected chi connectivity index (χ2v) is 9.27. The molecule has 0 bridgehead atoms. The largest absolute Gasteiger partial charge is 0.490 e. The monoisotopic (exact) mass is 540 g/mol. The smallest absolute Gasteiger partial charge is 0.280 e. The van der Waals surface area contributed by atoms with Crippen LogP contribution >= 0.6 is 15.9 Å². The Bertz CT molecular complexity index is 1500. The van der Waals surface area contributed by atoms with Gasteiger partial charge in [-0.25, -0.2) is 0 Å². The highest BCUT2D eigenvalue weighted by molar-refractivity contribution is 9.10. The minimum absolute atomic E-state index is 0.166. The van der Waals surface area contributed by atoms with Crippen LogP contribution in [0.4, 0.5) is 5.69 Å². The molecule has 0 aliphatic carbocycles. The fourth-order valence-corrected chi connectivity index (χ4v) is 4.55. The second kappa shape index (κ2) is 10.4. The van der Waals surface area contributed by atoms with E-state index in [0.717, 1.165) is 21.3 Å². The maximum absolute atomic E-state index is 13.1. The van der Waals surface area contributed by atoms with Crippen molar-refractivity contribution in [3.63, 3.8) is 0 Å². The van der Waals surface area contributed by atoms with Gasteiger partial charge in [0.15, 0.2) is 11.5 Å². The van der Waals surface area contributed by atoms with Crippen molar-refractivity contribution < 1.29 is 14.3 Å². The number of para-hydroxylation sites is 1. The standard InChI is InChI=1S/C30H25BrN2O3/c1-3-35-28-17-24(16-26-20(2)32-33(30(26)34)25-11-5-4-6-12-25)27(31)18-29(28)36-19-21-13-14-22-9-7-8-10-23(22)15-21/h4-18H,3,19H2,1-2H3/b26-16+. The highest BCUT2D eigenvalue weighted by Crippen LogP contribution is 2.36. The minimum atomic E-state index is -0.166. The Morgan fingerprint density at radius 3 is 2.39 bits per heavy atom. The molecule has 5 rings (SSSR count). The Balaban J connectivity index is 1.41. The van der Waals surface area contributed by atoms with Crippen molar-refractivity contribution in [2.24, 2.45) is 5.10 Å². The maximum Gasteiger partial charge on any atom is 0.280 e. The molecule has 0 atom stereocenters. The van der Waals surface area contributed by atoms with Crippen LogP contribution in [0.1, 0.15) is 25.0 Å². The van der Waals surface area contributed by atoms with Crippen molar-refractivity contribution in [3.8, 4) is 11.5 Å². The van der Waals surface area contributed by atoms with Crippen LogP contribution in [0.5, 0.6) is 11.5 Å². The first-order chi connectivity index (χ1) is 17.5. The Morgan fingerprint density at radius 2 is 1.61 bits per heavy atom. The number of amides is 1. The lowest BCUT2D eigenvalue weighted by atomic mass is 10.1. The average Bonchev–Trinajstić information content (AvgIpc) is 3.18. The molecule has 180 valence electrons. The highest BCUT2D eigenvalue weighted by Gasteiger charge is 2.29. The molecule has 6 heteroatoms. The fourth-order valence-electron chi connectivity index (χ4n) is 4.12. The minimum Gasteiger partial charge on any atom is -0.490 e. The zero-order valence-electron chi connectivity index (χ0n) is 20.1. The quantitative estimate of drug-likeness (QED) is 0.229. The van der Waals surface area contributed by atoms with E-state index in [4.69, 9.17) is 9.47 Å². The molecule has 0 saturated carbocycles. The Kier molecular flexibility index (Phi) is 6.87. The van der Waals surface area contributed by atoms with E-state index in [2.05, 4.69) is 51.4 Å². The lowest BCUT2D eigenvalue weighted by Gasteiger charge is -2.15. The predicted octanol–water partition coefficient (Wildman–Crippen LogP) is 7.39. The van der Waals surface area contributed by atoms with Gasteiger partial charge in [-0.3, -0.25) is 4.79 Å². The first kappa shape index (κ1) is 23.8. The van der Waals surface area contributed by atoms with Crippen LogP contribution < -0.4 is 14.5 Å². The summed E-state index contributed by atoms with van der Waals surface area (Å²) in [5.74, 6) is 1.08. The number of hydrazone groups is 1. The molecule has 0 aromatic heterocycles. The van der Waals surface area contributed by atoms with E-state index in [1.807, 2.05) is 74.5 Å². The SMILES string of the molecule is CCOc1cc(/C=C2/C(=O)N(c3ccccc3)N=C2C)c(Br)cc1OCc1ccc2ccccc2c1. The number of nitrogens with zero attached hydrogens (tertiary/aromatic N) is 2. The van der Waals surface area contributed by atoms with Crippen molar-refractivity contribution >= 4 is 50.1 Å². The van der Waals surface area contributed by atoms with E-state index in [1.54, 1.807) is 0 Å². The highest BCUT2D eigenvalue weighted by atomic mass is 79.9. The lowest BCUT2D eigenvalue weighted by molar-refractivity contribution is -0.114. The van der Waals surface area contributed by atoms with Crippen LogP contribution in [-0.2, 0) is 11.4 Å². The van der Waals surface area contributed by atoms with Crippen LogP contribution in [0.3, 0.4) is 0 Å². The summed E-state index contributed by atoms with van der Waals surface area (Å²) in [6, 6.07) is 27.8. The van der Waals surface area contributed by atoms with Gasteiger partial charge in [0.2, 0.25) is 0 Å². The van der Waals surface area contributed by atoms with Gasteiger partial charge in [-0.15, -0.1) is 0 Å². The molecule has 0 fully saturated rings. The van der Waals surface area contributed by atoms with E-state index in [1.165, 1.54) is 15.8 Å². The molecule has 4 aromatic carbocycles. The van der Waals surface area contributed by atoms with Gasteiger partial charge in [0.05, 0.1) is 23.6 Å². The molecular weight excluding hydrogens is 516 g/mol. The fraction of sp³-hybridized carbons (Fsp3) is 0.133. The van der Waals surface area contributed by atoms with Gasteiger partial charge in [-0.2, -0.15) is 10.1 Å². The Hall–Kier alpha value is -3.90. The number of fused-ring (bicyclic) bond motifs is 1. The average molecular weight is 541 g/mol. The number of hydrogen-bond acceptors (Lipinski definition) is 4. The molecule has 0 spiro atoms. The molecule has 1 aliphatic rings. The van der Waals surface area contributed by atoms with Crippen molar-refractivity contribution in [2.75, 3.05) is 11.6 Å². The van der Waals surface area contributed by atoms with Crippen LogP contribution in [0.15, 0.2) is 100 Å². The van der Waals surface area contributed by atoms with Crippen LogP contribution in [0.2, 0.25) is 0 Å². The van der Waals surface area contributed by atoms with Gasteiger partial charge in [0.25, 0.3) is 5.91 Å². The van der Waals surface area contributed by atoms with E-state index in [-0.39, 0.29) is 5.91 Å². The van der Waals surface area contributed by atoms with E-state index >= 15 is 0 Å². The van der Waals surface area contributed by atoms with E-state index in [9.17, 15) is 4.79 Å². The summed E-state index contributed by atoms with van der Waals surface area (Å²) in [5, 5.41) is 8.27. The summed E-state index contributed by atoms with van der Waals surface area (Å²) in [5.41, 5.74) is 3.81. The first-order valence-electron chi connectivity index (χ1n) is 11.8. The summed E-state index contributed by atoms with van der Waals surface area (Å²) < 4.78 is 12.9. The van der Waals surface area contributed by atoms with Gasteiger partial charge in [-0.05, 0) is 72.2 Å². The molecule has 5 nitrogen and oxygen atoms in total. The Morgan fingerprint density at radius 1 is 0.889 bits per heavy atom. The van der Waals surface area contributed by atoms with E-state index in [0.29, 0.717) is 36.0 Å². The van der Waals surface area contributed by atoms with Crippen molar-refractivity contribution in [1.82, 2.24) is 0 Å². The summed E-state index contributed by atoms with van der Waals surface area (Å²) >= 11 is 3.65. The normalized spacial score (nSPS) is 14.4. The van der Waals surface area contributed by atoms with Crippen molar-refractivity contribution in [2.45, 2.75) is 20.5 Å². The number of halogens is 1. The lowest BCUT2D eigenvalue weighted by Crippen LogP contribution is -2.21. The zero-order chi connectivity index (χ0) is 25.1. The van der Waals surface area contributed by atoms with Crippen LogP contribution in [0, 0.1) is 0 Å². The summed E-state index contributed by atoms with van der Waals surface area (Å²) in [6.45, 7) is 4.67. The van der Waals surface area contributed by atoms with Crippen molar-refractivity contribution in [3.05, 3.63) is 106 Å². The molecule has 0 radical (unpaired) electrons. The number of rotatable bonds is 7. The number of benzene rings is 4. The summed E-state index contributed by atoms with van der Waals surface area (Å²) in [4.78, 5) is 13.1. The summed E-state index contributed by atoms with van der Waals surface area (Å²) in [7, 11) is 0. The molecule has 0 N–H and O–H groups in total. The Labute approximate surface area is 218 Å². The molecule has 1 amide bonds. The number of ether oxygens (including phenoxy) is 2. The molecule has 0 unspecified atom stereocenters.